The van der Waals surface area contributed by atoms with Crippen molar-refractivity contribution in [2.75, 3.05) is 0 Å². The van der Waals surface area contributed by atoms with Crippen LogP contribution in [0.4, 0.5) is 0 Å². The summed E-state index contributed by atoms with van der Waals surface area (Å²) in [5.74, 6) is 0.203. The SMILES string of the molecule is Cn1cc(/C=C/c2ccc3cccc(O)c3n2)cn1. The topological polar surface area (TPSA) is 50.9 Å². The van der Waals surface area contributed by atoms with E-state index in [2.05, 4.69) is 10.1 Å². The van der Waals surface area contributed by atoms with Crippen molar-refractivity contribution in [1.82, 2.24) is 14.8 Å². The molecule has 0 spiro atoms. The highest BCUT2D eigenvalue weighted by Gasteiger charge is 2.00. The second-order valence-electron chi connectivity index (χ2n) is 4.37. The number of pyridine rings is 1. The first-order valence-corrected chi connectivity index (χ1v) is 5.98. The number of aryl methyl sites for hydroxylation is 1. The van der Waals surface area contributed by atoms with Crippen molar-refractivity contribution < 1.29 is 5.11 Å². The predicted octanol–water partition coefficient (Wildman–Crippen LogP) is 2.84. The summed E-state index contributed by atoms with van der Waals surface area (Å²) in [7, 11) is 1.88. The van der Waals surface area contributed by atoms with E-state index in [9.17, 15) is 5.11 Å². The van der Waals surface area contributed by atoms with Crippen LogP contribution in [-0.2, 0) is 7.05 Å². The average molecular weight is 251 g/mol. The van der Waals surface area contributed by atoms with Gasteiger partial charge in [0.05, 0.1) is 11.9 Å². The first kappa shape index (κ1) is 11.5. The van der Waals surface area contributed by atoms with Gasteiger partial charge in [0.2, 0.25) is 0 Å². The molecule has 4 nitrogen and oxygen atoms in total. The van der Waals surface area contributed by atoms with E-state index < -0.39 is 0 Å². The Morgan fingerprint density at radius 3 is 2.84 bits per heavy atom. The highest BCUT2D eigenvalue weighted by molar-refractivity contribution is 5.85. The number of aromatic nitrogens is 3. The molecule has 0 atom stereocenters. The molecule has 0 radical (unpaired) electrons. The van der Waals surface area contributed by atoms with Gasteiger partial charge in [0.1, 0.15) is 11.3 Å². The van der Waals surface area contributed by atoms with Gasteiger partial charge in [-0.2, -0.15) is 5.10 Å². The first-order chi connectivity index (χ1) is 9.22. The third-order valence-electron chi connectivity index (χ3n) is 2.89. The molecule has 3 rings (SSSR count). The van der Waals surface area contributed by atoms with Crippen LogP contribution in [-0.4, -0.2) is 19.9 Å². The van der Waals surface area contributed by atoms with E-state index in [4.69, 9.17) is 0 Å². The standard InChI is InChI=1S/C15H13N3O/c1-18-10-11(9-16-18)5-7-13-8-6-12-3-2-4-14(19)15(12)17-13/h2-10,19H,1H3/b7-5+. The normalized spacial score (nSPS) is 11.4. The molecule has 19 heavy (non-hydrogen) atoms. The van der Waals surface area contributed by atoms with Gasteiger partial charge in [-0.3, -0.25) is 4.68 Å². The predicted molar refractivity (Wildman–Crippen MR) is 75.5 cm³/mol. The van der Waals surface area contributed by atoms with Crippen LogP contribution in [0.1, 0.15) is 11.3 Å². The monoisotopic (exact) mass is 251 g/mol. The molecular formula is C15H13N3O. The van der Waals surface area contributed by atoms with Gasteiger partial charge in [0, 0.05) is 24.2 Å². The molecule has 94 valence electrons. The van der Waals surface area contributed by atoms with Crippen molar-refractivity contribution in [1.29, 1.82) is 0 Å². The number of rotatable bonds is 2. The summed E-state index contributed by atoms with van der Waals surface area (Å²) in [6.07, 6.45) is 7.56. The lowest BCUT2D eigenvalue weighted by Crippen LogP contribution is -1.84. The third-order valence-corrected chi connectivity index (χ3v) is 2.89. The summed E-state index contributed by atoms with van der Waals surface area (Å²) in [6.45, 7) is 0. The fourth-order valence-corrected chi connectivity index (χ4v) is 1.95. The summed E-state index contributed by atoms with van der Waals surface area (Å²) in [5.41, 5.74) is 2.44. The van der Waals surface area contributed by atoms with Gasteiger partial charge in [0.15, 0.2) is 0 Å². The van der Waals surface area contributed by atoms with Crippen LogP contribution < -0.4 is 0 Å². The number of hydrogen-bond donors (Lipinski definition) is 1. The third kappa shape index (κ3) is 2.33. The molecule has 0 aliphatic carbocycles. The second kappa shape index (κ2) is 4.57. The fraction of sp³-hybridized carbons (Fsp3) is 0.0667. The Bertz CT molecular complexity index is 759. The van der Waals surface area contributed by atoms with Gasteiger partial charge in [-0.1, -0.05) is 18.2 Å². The van der Waals surface area contributed by atoms with E-state index >= 15 is 0 Å². The molecule has 1 N–H and O–H groups in total. The minimum Gasteiger partial charge on any atom is -0.506 e. The number of phenols is 1. The molecule has 1 aromatic carbocycles. The van der Waals surface area contributed by atoms with Gasteiger partial charge in [-0.25, -0.2) is 4.98 Å². The van der Waals surface area contributed by atoms with Crippen LogP contribution in [0.3, 0.4) is 0 Å². The number of nitrogens with zero attached hydrogens (tertiary/aromatic N) is 3. The van der Waals surface area contributed by atoms with Crippen molar-refractivity contribution in [3.63, 3.8) is 0 Å². The Balaban J connectivity index is 1.97. The molecule has 0 fully saturated rings. The molecule has 0 amide bonds. The summed E-state index contributed by atoms with van der Waals surface area (Å²) in [6, 6.07) is 9.25. The molecule has 3 aromatic rings. The lowest BCUT2D eigenvalue weighted by molar-refractivity contribution is 0.480. The van der Waals surface area contributed by atoms with Crippen LogP contribution in [0.25, 0.3) is 23.1 Å². The smallest absolute Gasteiger partial charge is 0.141 e. The van der Waals surface area contributed by atoms with E-state index in [-0.39, 0.29) is 5.75 Å². The summed E-state index contributed by atoms with van der Waals surface area (Å²) >= 11 is 0. The summed E-state index contributed by atoms with van der Waals surface area (Å²) in [4.78, 5) is 4.43. The van der Waals surface area contributed by atoms with Gasteiger partial charge in [0.25, 0.3) is 0 Å². The zero-order chi connectivity index (χ0) is 13.2. The maximum Gasteiger partial charge on any atom is 0.141 e. The Morgan fingerprint density at radius 2 is 2.05 bits per heavy atom. The highest BCUT2D eigenvalue weighted by Crippen LogP contribution is 2.22. The zero-order valence-electron chi connectivity index (χ0n) is 10.5. The zero-order valence-corrected chi connectivity index (χ0v) is 10.5. The number of fused-ring (bicyclic) bond motifs is 1. The van der Waals surface area contributed by atoms with Crippen molar-refractivity contribution >= 4 is 23.1 Å². The fourth-order valence-electron chi connectivity index (χ4n) is 1.95. The van der Waals surface area contributed by atoms with E-state index in [1.54, 1.807) is 16.9 Å². The number of para-hydroxylation sites is 1. The van der Waals surface area contributed by atoms with Crippen LogP contribution in [0.15, 0.2) is 42.7 Å². The first-order valence-electron chi connectivity index (χ1n) is 5.98. The Labute approximate surface area is 110 Å². The molecule has 0 aliphatic heterocycles. The molecule has 0 saturated carbocycles. The van der Waals surface area contributed by atoms with Crippen molar-refractivity contribution in [2.45, 2.75) is 0 Å². The van der Waals surface area contributed by atoms with E-state index in [0.717, 1.165) is 16.6 Å². The van der Waals surface area contributed by atoms with Crippen molar-refractivity contribution in [3.8, 4) is 5.75 Å². The lowest BCUT2D eigenvalue weighted by Gasteiger charge is -2.00. The van der Waals surface area contributed by atoms with Crippen LogP contribution in [0.5, 0.6) is 5.75 Å². The number of benzene rings is 1. The number of phenolic OH excluding ortho intramolecular Hbond substituents is 1. The average Bonchev–Trinajstić information content (AvgIpc) is 2.83. The van der Waals surface area contributed by atoms with Gasteiger partial charge in [-0.05, 0) is 24.3 Å². The highest BCUT2D eigenvalue weighted by atomic mass is 16.3. The van der Waals surface area contributed by atoms with Gasteiger partial charge >= 0.3 is 0 Å². The second-order valence-corrected chi connectivity index (χ2v) is 4.37. The molecule has 0 unspecified atom stereocenters. The maximum atomic E-state index is 9.78. The van der Waals surface area contributed by atoms with E-state index in [0.29, 0.717) is 5.52 Å². The van der Waals surface area contributed by atoms with Gasteiger partial charge in [-0.15, -0.1) is 0 Å². The minimum absolute atomic E-state index is 0.203. The molecule has 0 saturated heterocycles. The molecule has 2 heterocycles. The van der Waals surface area contributed by atoms with Crippen LogP contribution in [0, 0.1) is 0 Å². The number of aromatic hydroxyl groups is 1. The van der Waals surface area contributed by atoms with Crippen LogP contribution >= 0.6 is 0 Å². The Morgan fingerprint density at radius 1 is 1.16 bits per heavy atom. The molecule has 4 heteroatoms. The van der Waals surface area contributed by atoms with E-state index in [1.165, 1.54) is 0 Å². The van der Waals surface area contributed by atoms with E-state index in [1.807, 2.05) is 49.7 Å². The Hall–Kier alpha value is -2.62. The largest absolute Gasteiger partial charge is 0.506 e. The summed E-state index contributed by atoms with van der Waals surface area (Å²) < 4.78 is 1.75. The molecule has 2 aromatic heterocycles. The molecule has 0 aliphatic rings. The molecule has 0 bridgehead atoms. The number of hydrogen-bond acceptors (Lipinski definition) is 3. The quantitative estimate of drug-likeness (QED) is 0.762. The minimum atomic E-state index is 0.203. The van der Waals surface area contributed by atoms with Crippen molar-refractivity contribution in [3.05, 3.63) is 54.0 Å². The summed E-state index contributed by atoms with van der Waals surface area (Å²) in [5, 5.41) is 14.8. The Kier molecular flexibility index (Phi) is 2.76. The van der Waals surface area contributed by atoms with Crippen molar-refractivity contribution in [2.24, 2.45) is 7.05 Å². The van der Waals surface area contributed by atoms with Gasteiger partial charge < -0.3 is 5.11 Å². The maximum absolute atomic E-state index is 9.78. The molecular weight excluding hydrogens is 238 g/mol. The van der Waals surface area contributed by atoms with Crippen LogP contribution in [0.2, 0.25) is 0 Å². The lowest BCUT2D eigenvalue weighted by atomic mass is 10.2.